The molecule has 0 aromatic carbocycles. The predicted molar refractivity (Wildman–Crippen MR) is 58.6 cm³/mol. The molecular weight excluding hydrogens is 190 g/mol. The lowest BCUT2D eigenvalue weighted by Gasteiger charge is -2.23. The van der Waals surface area contributed by atoms with E-state index in [1.807, 2.05) is 18.7 Å². The van der Waals surface area contributed by atoms with Crippen LogP contribution in [0.5, 0.6) is 0 Å². The molecule has 15 heavy (non-hydrogen) atoms. The highest BCUT2D eigenvalue weighted by atomic mass is 16.6. The number of rotatable bonds is 5. The zero-order valence-electron chi connectivity index (χ0n) is 9.74. The molecule has 0 bridgehead atoms. The Morgan fingerprint density at radius 1 is 1.20 bits per heavy atom. The van der Waals surface area contributed by atoms with Gasteiger partial charge in [0.15, 0.2) is 0 Å². The van der Waals surface area contributed by atoms with Crippen molar-refractivity contribution in [1.82, 2.24) is 4.90 Å². The minimum absolute atomic E-state index is 0.00148. The van der Waals surface area contributed by atoms with E-state index in [0.29, 0.717) is 0 Å². The molecule has 2 fully saturated rings. The monoisotopic (exact) mass is 211 g/mol. The van der Waals surface area contributed by atoms with Crippen molar-refractivity contribution in [2.75, 3.05) is 13.1 Å². The quantitative estimate of drug-likeness (QED) is 0.699. The van der Waals surface area contributed by atoms with Crippen LogP contribution in [0.3, 0.4) is 0 Å². The summed E-state index contributed by atoms with van der Waals surface area (Å²) in [7, 11) is 0. The average Bonchev–Trinajstić information content (AvgIpc) is 2.95. The molecule has 1 amide bonds. The number of carbonyl (C=O) groups excluding carboxylic acids is 1. The molecule has 0 heterocycles. The number of hydrogen-bond donors (Lipinski definition) is 0. The third-order valence-corrected chi connectivity index (χ3v) is 2.95. The van der Waals surface area contributed by atoms with Gasteiger partial charge in [0.05, 0.1) is 6.10 Å². The molecule has 0 atom stereocenters. The molecule has 2 aliphatic carbocycles. The van der Waals surface area contributed by atoms with E-state index in [4.69, 9.17) is 4.74 Å². The zero-order valence-corrected chi connectivity index (χ0v) is 9.74. The van der Waals surface area contributed by atoms with Gasteiger partial charge in [-0.25, -0.2) is 4.79 Å². The van der Waals surface area contributed by atoms with Gasteiger partial charge in [-0.05, 0) is 51.4 Å². The molecule has 3 nitrogen and oxygen atoms in total. The Hall–Kier alpha value is -0.730. The first-order valence-corrected chi connectivity index (χ1v) is 6.10. The fourth-order valence-corrected chi connectivity index (χ4v) is 1.72. The van der Waals surface area contributed by atoms with Crippen LogP contribution < -0.4 is 0 Å². The molecule has 2 aliphatic rings. The van der Waals surface area contributed by atoms with Gasteiger partial charge >= 0.3 is 6.09 Å². The van der Waals surface area contributed by atoms with Crippen molar-refractivity contribution in [2.24, 2.45) is 11.8 Å². The first kappa shape index (κ1) is 10.8. The number of carbonyl (C=O) groups is 1. The van der Waals surface area contributed by atoms with E-state index in [9.17, 15) is 4.79 Å². The second-order valence-electron chi connectivity index (χ2n) is 5.22. The summed E-state index contributed by atoms with van der Waals surface area (Å²) in [6, 6.07) is 0. The molecule has 0 aliphatic heterocycles. The Kier molecular flexibility index (Phi) is 3.17. The molecule has 0 aromatic rings. The van der Waals surface area contributed by atoms with Gasteiger partial charge in [-0.2, -0.15) is 0 Å². The van der Waals surface area contributed by atoms with Crippen LogP contribution in [0.2, 0.25) is 0 Å². The second-order valence-corrected chi connectivity index (χ2v) is 5.22. The largest absolute Gasteiger partial charge is 0.447 e. The SMILES string of the molecule is CC(C)OC(=O)N(CC1CC1)CC1CC1. The molecule has 2 rings (SSSR count). The van der Waals surface area contributed by atoms with E-state index >= 15 is 0 Å². The van der Waals surface area contributed by atoms with Gasteiger partial charge in [-0.1, -0.05) is 0 Å². The van der Waals surface area contributed by atoms with Gasteiger partial charge < -0.3 is 9.64 Å². The predicted octanol–water partition coefficient (Wildman–Crippen LogP) is 2.65. The van der Waals surface area contributed by atoms with Crippen LogP contribution in [0.1, 0.15) is 39.5 Å². The summed E-state index contributed by atoms with van der Waals surface area (Å²) in [6.07, 6.45) is 5.04. The number of hydrogen-bond acceptors (Lipinski definition) is 2. The van der Waals surface area contributed by atoms with Crippen LogP contribution in [0.4, 0.5) is 4.79 Å². The first-order chi connectivity index (χ1) is 7.15. The Morgan fingerprint density at radius 2 is 1.67 bits per heavy atom. The number of ether oxygens (including phenoxy) is 1. The fourth-order valence-electron chi connectivity index (χ4n) is 1.72. The summed E-state index contributed by atoms with van der Waals surface area (Å²) in [6.45, 7) is 5.65. The van der Waals surface area contributed by atoms with Crippen LogP contribution in [-0.4, -0.2) is 30.2 Å². The van der Waals surface area contributed by atoms with Crippen molar-refractivity contribution in [3.63, 3.8) is 0 Å². The van der Waals surface area contributed by atoms with Crippen LogP contribution in [0.15, 0.2) is 0 Å². The lowest BCUT2D eigenvalue weighted by Crippen LogP contribution is -2.36. The lowest BCUT2D eigenvalue weighted by molar-refractivity contribution is 0.0739. The van der Waals surface area contributed by atoms with Gasteiger partial charge in [0.2, 0.25) is 0 Å². The molecular formula is C12H21NO2. The topological polar surface area (TPSA) is 29.5 Å². The summed E-state index contributed by atoms with van der Waals surface area (Å²) in [5, 5.41) is 0. The van der Waals surface area contributed by atoms with Crippen LogP contribution in [-0.2, 0) is 4.74 Å². The average molecular weight is 211 g/mol. The van der Waals surface area contributed by atoms with Crippen molar-refractivity contribution < 1.29 is 9.53 Å². The molecule has 0 aromatic heterocycles. The summed E-state index contributed by atoms with van der Waals surface area (Å²) in [5.41, 5.74) is 0. The molecule has 0 saturated heterocycles. The Labute approximate surface area is 91.8 Å². The smallest absolute Gasteiger partial charge is 0.410 e. The lowest BCUT2D eigenvalue weighted by atomic mass is 10.3. The molecule has 86 valence electrons. The summed E-state index contributed by atoms with van der Waals surface area (Å²) in [5.74, 6) is 1.51. The third kappa shape index (κ3) is 3.73. The Bertz CT molecular complexity index is 218. The van der Waals surface area contributed by atoms with Gasteiger partial charge in [0.1, 0.15) is 0 Å². The fraction of sp³-hybridized carbons (Fsp3) is 0.917. The summed E-state index contributed by atoms with van der Waals surface area (Å²) in [4.78, 5) is 13.7. The van der Waals surface area contributed by atoms with E-state index in [0.717, 1.165) is 24.9 Å². The van der Waals surface area contributed by atoms with Crippen molar-refractivity contribution in [3.05, 3.63) is 0 Å². The summed E-state index contributed by atoms with van der Waals surface area (Å²) < 4.78 is 5.26. The van der Waals surface area contributed by atoms with E-state index < -0.39 is 0 Å². The molecule has 0 N–H and O–H groups in total. The highest BCUT2D eigenvalue weighted by molar-refractivity contribution is 5.67. The van der Waals surface area contributed by atoms with Crippen molar-refractivity contribution in [3.8, 4) is 0 Å². The first-order valence-electron chi connectivity index (χ1n) is 6.10. The maximum Gasteiger partial charge on any atom is 0.410 e. The van der Waals surface area contributed by atoms with Crippen LogP contribution in [0, 0.1) is 11.8 Å². The minimum atomic E-state index is -0.108. The van der Waals surface area contributed by atoms with Crippen LogP contribution in [0.25, 0.3) is 0 Å². The zero-order chi connectivity index (χ0) is 10.8. The Balaban J connectivity index is 1.80. The van der Waals surface area contributed by atoms with Crippen molar-refractivity contribution in [1.29, 1.82) is 0 Å². The van der Waals surface area contributed by atoms with Crippen molar-refractivity contribution in [2.45, 2.75) is 45.6 Å². The summed E-state index contributed by atoms with van der Waals surface area (Å²) >= 11 is 0. The molecule has 0 unspecified atom stereocenters. The molecule has 2 saturated carbocycles. The van der Waals surface area contributed by atoms with E-state index in [-0.39, 0.29) is 12.2 Å². The van der Waals surface area contributed by atoms with Gasteiger partial charge in [-0.15, -0.1) is 0 Å². The van der Waals surface area contributed by atoms with Crippen molar-refractivity contribution >= 4 is 6.09 Å². The number of amides is 1. The van der Waals surface area contributed by atoms with Gasteiger partial charge in [0, 0.05) is 13.1 Å². The highest BCUT2D eigenvalue weighted by Crippen LogP contribution is 2.33. The molecule has 0 radical (unpaired) electrons. The highest BCUT2D eigenvalue weighted by Gasteiger charge is 2.32. The maximum absolute atomic E-state index is 11.8. The second kappa shape index (κ2) is 4.42. The standard InChI is InChI=1S/C12H21NO2/c1-9(2)15-12(14)13(7-10-3-4-10)8-11-5-6-11/h9-11H,3-8H2,1-2H3. The van der Waals surface area contributed by atoms with E-state index in [1.54, 1.807) is 0 Å². The van der Waals surface area contributed by atoms with E-state index in [1.165, 1.54) is 25.7 Å². The Morgan fingerprint density at radius 3 is 2.00 bits per heavy atom. The third-order valence-electron chi connectivity index (χ3n) is 2.95. The minimum Gasteiger partial charge on any atom is -0.447 e. The number of nitrogens with zero attached hydrogens (tertiary/aromatic N) is 1. The van der Waals surface area contributed by atoms with E-state index in [2.05, 4.69) is 0 Å². The normalized spacial score (nSPS) is 20.5. The maximum atomic E-state index is 11.8. The van der Waals surface area contributed by atoms with Crippen LogP contribution >= 0.6 is 0 Å². The molecule has 0 spiro atoms. The van der Waals surface area contributed by atoms with Gasteiger partial charge in [0.25, 0.3) is 0 Å². The van der Waals surface area contributed by atoms with Gasteiger partial charge in [-0.3, -0.25) is 0 Å². The molecule has 3 heteroatoms.